The van der Waals surface area contributed by atoms with E-state index >= 15 is 0 Å². The molecule has 0 aliphatic carbocycles. The van der Waals surface area contributed by atoms with E-state index < -0.39 is 0 Å². The van der Waals surface area contributed by atoms with Gasteiger partial charge in [0, 0.05) is 30.6 Å². The Kier molecular flexibility index (Phi) is 6.73. The van der Waals surface area contributed by atoms with E-state index in [1.165, 1.54) is 0 Å². The van der Waals surface area contributed by atoms with Crippen LogP contribution in [0.5, 0.6) is 0 Å². The van der Waals surface area contributed by atoms with Crippen molar-refractivity contribution >= 4 is 11.8 Å². The summed E-state index contributed by atoms with van der Waals surface area (Å²) in [5.41, 5.74) is 2.79. The molecule has 0 saturated carbocycles. The zero-order valence-electron chi connectivity index (χ0n) is 17.4. The summed E-state index contributed by atoms with van der Waals surface area (Å²) in [5, 5.41) is 4.41. The van der Waals surface area contributed by atoms with Crippen molar-refractivity contribution in [3.63, 3.8) is 0 Å². The monoisotopic (exact) mass is 385 g/mol. The maximum absolute atomic E-state index is 12.9. The lowest BCUT2D eigenvalue weighted by Gasteiger charge is -2.32. The van der Waals surface area contributed by atoms with Gasteiger partial charge in [0.15, 0.2) is 0 Å². The number of nitrogens with zero attached hydrogens (tertiary/aromatic N) is 3. The number of morpholine rings is 1. The van der Waals surface area contributed by atoms with Crippen LogP contribution in [0.3, 0.4) is 0 Å². The van der Waals surface area contributed by atoms with E-state index in [2.05, 4.69) is 23.9 Å². The Morgan fingerprint density at radius 2 is 1.86 bits per heavy atom. The fourth-order valence-electron chi connectivity index (χ4n) is 3.45. The van der Waals surface area contributed by atoms with Gasteiger partial charge in [-0.1, -0.05) is 56.3 Å². The van der Waals surface area contributed by atoms with Gasteiger partial charge in [-0.3, -0.25) is 4.79 Å². The maximum Gasteiger partial charge on any atom is 0.233 e. The molecule has 152 valence electrons. The van der Waals surface area contributed by atoms with E-state index in [0.29, 0.717) is 19.8 Å². The molecule has 1 atom stereocenters. The molecule has 2 aromatic rings. The molecule has 3 rings (SSSR count). The fourth-order valence-corrected chi connectivity index (χ4v) is 3.45. The highest BCUT2D eigenvalue weighted by Crippen LogP contribution is 2.33. The average molecular weight is 386 g/mol. The van der Waals surface area contributed by atoms with Gasteiger partial charge in [0.05, 0.1) is 25.3 Å². The first-order valence-electron chi connectivity index (χ1n) is 10.2. The molecule has 0 bridgehead atoms. The number of ether oxygens (including phenoxy) is 1. The van der Waals surface area contributed by atoms with Gasteiger partial charge in [0.1, 0.15) is 5.69 Å². The molecule has 1 fully saturated rings. The number of hydrogen-bond donors (Lipinski definition) is 0. The fraction of sp³-hybridized carbons (Fsp3) is 0.545. The highest BCUT2D eigenvalue weighted by atomic mass is 16.5. The van der Waals surface area contributed by atoms with Gasteiger partial charge in [0.25, 0.3) is 0 Å². The van der Waals surface area contributed by atoms with Crippen molar-refractivity contribution < 1.29 is 14.1 Å². The molecular formula is C22H31N3O3. The highest BCUT2D eigenvalue weighted by Gasteiger charge is 2.29. The molecule has 1 aliphatic heterocycles. The van der Waals surface area contributed by atoms with E-state index in [0.717, 1.165) is 42.2 Å². The summed E-state index contributed by atoms with van der Waals surface area (Å²) in [6.45, 7) is 11.5. The Labute approximate surface area is 167 Å². The number of carbonyl (C=O) groups excluding carboxylic acids is 1. The summed E-state index contributed by atoms with van der Waals surface area (Å²) in [5.74, 6) is 0.857. The Morgan fingerprint density at radius 3 is 2.46 bits per heavy atom. The van der Waals surface area contributed by atoms with Crippen LogP contribution in [-0.2, 0) is 16.1 Å². The topological polar surface area (TPSA) is 58.8 Å². The number of rotatable bonds is 7. The summed E-state index contributed by atoms with van der Waals surface area (Å²) in [6.07, 6.45) is 0.900. The Hall–Kier alpha value is -2.34. The Bertz CT molecular complexity index is 767. The first-order chi connectivity index (χ1) is 13.5. The Balaban J connectivity index is 2.02. The average Bonchev–Trinajstić information content (AvgIpc) is 3.15. The molecule has 6 nitrogen and oxygen atoms in total. The quantitative estimate of drug-likeness (QED) is 0.722. The molecule has 6 heteroatoms. The first-order valence-corrected chi connectivity index (χ1v) is 10.2. The second-order valence-corrected chi connectivity index (χ2v) is 7.66. The van der Waals surface area contributed by atoms with Crippen LogP contribution in [0.4, 0.5) is 5.88 Å². The van der Waals surface area contributed by atoms with Gasteiger partial charge < -0.3 is 19.1 Å². The van der Waals surface area contributed by atoms with Gasteiger partial charge in [-0.25, -0.2) is 0 Å². The van der Waals surface area contributed by atoms with Crippen LogP contribution in [-0.4, -0.2) is 48.3 Å². The standard InChI is InChI=1S/C22H31N3O3/c1-5-17(4)25(21(26)16(2)3)15-19-20(18-9-7-6-8-10-18)23-28-22(19)24-11-13-27-14-12-24/h6-10,16-17H,5,11-15H2,1-4H3. The molecule has 1 amide bonds. The SMILES string of the molecule is CCC(C)N(Cc1c(-c2ccccc2)noc1N1CCOCC1)C(=O)C(C)C. The van der Waals surface area contributed by atoms with Gasteiger partial charge in [-0.15, -0.1) is 0 Å². The van der Waals surface area contributed by atoms with E-state index in [1.54, 1.807) is 0 Å². The van der Waals surface area contributed by atoms with E-state index in [-0.39, 0.29) is 17.9 Å². The van der Waals surface area contributed by atoms with Crippen molar-refractivity contribution in [2.24, 2.45) is 5.92 Å². The second kappa shape index (κ2) is 9.24. The summed E-state index contributed by atoms with van der Waals surface area (Å²) >= 11 is 0. The van der Waals surface area contributed by atoms with Crippen LogP contribution in [0, 0.1) is 5.92 Å². The van der Waals surface area contributed by atoms with E-state index in [4.69, 9.17) is 9.26 Å². The summed E-state index contributed by atoms with van der Waals surface area (Å²) in [7, 11) is 0. The summed E-state index contributed by atoms with van der Waals surface area (Å²) in [4.78, 5) is 17.1. The minimum absolute atomic E-state index is 0.0547. The number of aromatic nitrogens is 1. The molecular weight excluding hydrogens is 354 g/mol. The van der Waals surface area contributed by atoms with Crippen LogP contribution in [0.2, 0.25) is 0 Å². The molecule has 2 heterocycles. The normalized spacial score (nSPS) is 15.7. The third-order valence-electron chi connectivity index (χ3n) is 5.34. The Morgan fingerprint density at radius 1 is 1.18 bits per heavy atom. The highest BCUT2D eigenvalue weighted by molar-refractivity contribution is 5.79. The van der Waals surface area contributed by atoms with Crippen LogP contribution in [0.1, 0.15) is 39.7 Å². The molecule has 1 aliphatic rings. The van der Waals surface area contributed by atoms with Crippen molar-refractivity contribution in [2.75, 3.05) is 31.2 Å². The van der Waals surface area contributed by atoms with Crippen molar-refractivity contribution in [1.29, 1.82) is 0 Å². The van der Waals surface area contributed by atoms with Crippen LogP contribution < -0.4 is 4.90 Å². The van der Waals surface area contributed by atoms with Gasteiger partial charge in [-0.2, -0.15) is 0 Å². The third-order valence-corrected chi connectivity index (χ3v) is 5.34. The number of benzene rings is 1. The molecule has 1 saturated heterocycles. The largest absolute Gasteiger partial charge is 0.378 e. The lowest BCUT2D eigenvalue weighted by molar-refractivity contribution is -0.137. The van der Waals surface area contributed by atoms with Crippen LogP contribution in [0.15, 0.2) is 34.9 Å². The summed E-state index contributed by atoms with van der Waals surface area (Å²) in [6, 6.07) is 10.2. The maximum atomic E-state index is 12.9. The molecule has 0 N–H and O–H groups in total. The molecule has 1 aromatic heterocycles. The zero-order valence-corrected chi connectivity index (χ0v) is 17.4. The van der Waals surface area contributed by atoms with E-state index in [9.17, 15) is 4.79 Å². The summed E-state index contributed by atoms with van der Waals surface area (Å²) < 4.78 is 11.3. The number of amides is 1. The van der Waals surface area contributed by atoms with Crippen LogP contribution in [0.25, 0.3) is 11.3 Å². The predicted molar refractivity (Wildman–Crippen MR) is 110 cm³/mol. The number of anilines is 1. The second-order valence-electron chi connectivity index (χ2n) is 7.66. The molecule has 1 aromatic carbocycles. The first kappa shape index (κ1) is 20.4. The third kappa shape index (κ3) is 4.38. The lowest BCUT2D eigenvalue weighted by atomic mass is 10.0. The number of carbonyl (C=O) groups is 1. The number of hydrogen-bond acceptors (Lipinski definition) is 5. The van der Waals surface area contributed by atoms with Crippen molar-refractivity contribution in [3.8, 4) is 11.3 Å². The van der Waals surface area contributed by atoms with Crippen molar-refractivity contribution in [2.45, 2.75) is 46.7 Å². The molecule has 0 radical (unpaired) electrons. The predicted octanol–water partition coefficient (Wildman–Crippen LogP) is 3.96. The smallest absolute Gasteiger partial charge is 0.233 e. The molecule has 0 spiro atoms. The van der Waals surface area contributed by atoms with Gasteiger partial charge in [0.2, 0.25) is 11.8 Å². The molecule has 1 unspecified atom stereocenters. The lowest BCUT2D eigenvalue weighted by Crippen LogP contribution is -2.41. The molecule has 28 heavy (non-hydrogen) atoms. The minimum Gasteiger partial charge on any atom is -0.378 e. The van der Waals surface area contributed by atoms with E-state index in [1.807, 2.05) is 49.1 Å². The van der Waals surface area contributed by atoms with Gasteiger partial charge in [-0.05, 0) is 13.3 Å². The zero-order chi connectivity index (χ0) is 20.1. The van der Waals surface area contributed by atoms with Crippen molar-refractivity contribution in [1.82, 2.24) is 10.1 Å². The van der Waals surface area contributed by atoms with Crippen molar-refractivity contribution in [3.05, 3.63) is 35.9 Å². The van der Waals surface area contributed by atoms with Crippen LogP contribution >= 0.6 is 0 Å². The van der Waals surface area contributed by atoms with Gasteiger partial charge >= 0.3 is 0 Å². The minimum atomic E-state index is -0.0547.